The van der Waals surface area contributed by atoms with E-state index in [-0.39, 0.29) is 0 Å². The maximum atomic E-state index is 10.9. The van der Waals surface area contributed by atoms with E-state index in [2.05, 4.69) is 28.1 Å². The van der Waals surface area contributed by atoms with Crippen LogP contribution in [0.2, 0.25) is 0 Å². The quantitative estimate of drug-likeness (QED) is 0.311. The van der Waals surface area contributed by atoms with Gasteiger partial charge < -0.3 is 19.0 Å². The van der Waals surface area contributed by atoms with Gasteiger partial charge in [0.05, 0.1) is 13.7 Å². The van der Waals surface area contributed by atoms with Gasteiger partial charge in [-0.15, -0.1) is 0 Å². The number of ether oxygens (including phenoxy) is 1. The first kappa shape index (κ1) is 19.8. The predicted molar refractivity (Wildman–Crippen MR) is 112 cm³/mol. The molecule has 0 saturated heterocycles. The minimum Gasteiger partial charge on any atom is -0.497 e. The van der Waals surface area contributed by atoms with Crippen LogP contribution in [0, 0.1) is 11.5 Å². The molecule has 0 unspecified atom stereocenters. The number of nitriles is 1. The average Bonchev–Trinajstić information content (AvgIpc) is 3.39. The molecule has 2 aromatic heterocycles. The van der Waals surface area contributed by atoms with E-state index in [0.29, 0.717) is 12.3 Å². The van der Waals surface area contributed by atoms with E-state index in [1.54, 1.807) is 26.4 Å². The smallest absolute Gasteiger partial charge is 0.185 e. The minimum atomic E-state index is 0.342. The highest BCUT2D eigenvalue weighted by Crippen LogP contribution is 2.31. The number of rotatable bonds is 5. The zero-order valence-electron chi connectivity index (χ0n) is 16.3. The largest absolute Gasteiger partial charge is 0.497 e. The standard InChI is InChI=1S/C21H17NO3.C2H4N2/c1-24-17-9-10-20-16(11-17)12-21(15-5-3-2-4-6-15)22(20)13-18-7-8-19(14-23)25-18;1-4-2-3/h2-12,14H,13H2,1H3;4H,1H3. The van der Waals surface area contributed by atoms with Crippen LogP contribution in [0.25, 0.3) is 22.2 Å². The Morgan fingerprint density at radius 2 is 1.90 bits per heavy atom. The number of hydrogen-bond donors (Lipinski definition) is 1. The van der Waals surface area contributed by atoms with E-state index in [1.165, 1.54) is 0 Å². The first-order chi connectivity index (χ1) is 14.2. The second kappa shape index (κ2) is 9.29. The van der Waals surface area contributed by atoms with Crippen LogP contribution in [0.15, 0.2) is 71.1 Å². The Morgan fingerprint density at radius 1 is 1.14 bits per heavy atom. The molecular weight excluding hydrogens is 366 g/mol. The number of hydrogen-bond acceptors (Lipinski definition) is 5. The molecule has 0 aliphatic rings. The molecule has 0 amide bonds. The summed E-state index contributed by atoms with van der Waals surface area (Å²) in [5, 5.41) is 10.8. The minimum absolute atomic E-state index is 0.342. The molecule has 0 spiro atoms. The lowest BCUT2D eigenvalue weighted by Gasteiger charge is -2.10. The molecule has 0 aliphatic carbocycles. The Labute approximate surface area is 168 Å². The molecule has 0 fully saturated rings. The molecule has 6 nitrogen and oxygen atoms in total. The summed E-state index contributed by atoms with van der Waals surface area (Å²) in [5.74, 6) is 1.91. The maximum absolute atomic E-state index is 10.9. The van der Waals surface area contributed by atoms with Crippen LogP contribution < -0.4 is 10.1 Å². The van der Waals surface area contributed by atoms with Crippen LogP contribution in [0.5, 0.6) is 5.75 Å². The maximum Gasteiger partial charge on any atom is 0.185 e. The van der Waals surface area contributed by atoms with Gasteiger partial charge in [-0.05, 0) is 42.0 Å². The number of aldehydes is 1. The summed E-state index contributed by atoms with van der Waals surface area (Å²) in [6, 6.07) is 21.9. The van der Waals surface area contributed by atoms with Gasteiger partial charge in [0.25, 0.3) is 0 Å². The van der Waals surface area contributed by atoms with Gasteiger partial charge in [0.1, 0.15) is 11.5 Å². The number of benzene rings is 2. The zero-order valence-corrected chi connectivity index (χ0v) is 16.3. The van der Waals surface area contributed by atoms with Crippen molar-refractivity contribution in [2.45, 2.75) is 6.54 Å². The van der Waals surface area contributed by atoms with Gasteiger partial charge in [-0.25, -0.2) is 0 Å². The van der Waals surface area contributed by atoms with Crippen molar-refractivity contribution in [3.8, 4) is 23.2 Å². The molecule has 4 rings (SSSR count). The van der Waals surface area contributed by atoms with Gasteiger partial charge in [0.2, 0.25) is 0 Å². The highest BCUT2D eigenvalue weighted by Gasteiger charge is 2.13. The summed E-state index contributed by atoms with van der Waals surface area (Å²) in [4.78, 5) is 10.9. The van der Waals surface area contributed by atoms with Gasteiger partial charge in [-0.1, -0.05) is 30.3 Å². The zero-order chi connectivity index (χ0) is 20.6. The Morgan fingerprint density at radius 3 is 2.52 bits per heavy atom. The molecular formula is C23H21N3O3. The molecule has 0 aliphatic heterocycles. The number of furan rings is 1. The SMILES string of the molecule is CNC#N.COc1ccc2c(c1)cc(-c1ccccc1)n2Cc1ccc(C=O)o1. The predicted octanol–water partition coefficient (Wildman–Crippen LogP) is 4.46. The highest BCUT2D eigenvalue weighted by atomic mass is 16.5. The van der Waals surface area contributed by atoms with Crippen molar-refractivity contribution in [3.63, 3.8) is 0 Å². The number of carbonyl (C=O) groups excluding carboxylic acids is 1. The number of aromatic nitrogens is 1. The Hall–Kier alpha value is -3.98. The molecule has 2 aromatic carbocycles. The molecule has 0 radical (unpaired) electrons. The van der Waals surface area contributed by atoms with Crippen molar-refractivity contribution in [3.05, 3.63) is 78.3 Å². The van der Waals surface area contributed by atoms with Crippen molar-refractivity contribution in [2.75, 3.05) is 14.2 Å². The Bertz CT molecular complexity index is 1140. The van der Waals surface area contributed by atoms with Crippen LogP contribution in [0.3, 0.4) is 0 Å². The van der Waals surface area contributed by atoms with Crippen molar-refractivity contribution in [1.29, 1.82) is 5.26 Å². The monoisotopic (exact) mass is 387 g/mol. The summed E-state index contributed by atoms with van der Waals surface area (Å²) >= 11 is 0. The van der Waals surface area contributed by atoms with Crippen LogP contribution in [-0.4, -0.2) is 25.0 Å². The Kier molecular flexibility index (Phi) is 6.33. The fourth-order valence-corrected chi connectivity index (χ4v) is 3.09. The molecule has 0 atom stereocenters. The van der Waals surface area contributed by atoms with Crippen LogP contribution >= 0.6 is 0 Å². The van der Waals surface area contributed by atoms with E-state index in [1.807, 2.05) is 42.5 Å². The number of fused-ring (bicyclic) bond motifs is 1. The topological polar surface area (TPSA) is 80.2 Å². The van der Waals surface area contributed by atoms with Gasteiger partial charge in [0.15, 0.2) is 18.2 Å². The molecule has 29 heavy (non-hydrogen) atoms. The highest BCUT2D eigenvalue weighted by molar-refractivity contribution is 5.88. The summed E-state index contributed by atoms with van der Waals surface area (Å²) in [7, 11) is 3.24. The fourth-order valence-electron chi connectivity index (χ4n) is 3.09. The van der Waals surface area contributed by atoms with Gasteiger partial charge in [-0.3, -0.25) is 4.79 Å². The van der Waals surface area contributed by atoms with E-state index < -0.39 is 0 Å². The summed E-state index contributed by atoms with van der Waals surface area (Å²) < 4.78 is 13.1. The molecule has 4 aromatic rings. The summed E-state index contributed by atoms with van der Waals surface area (Å²) in [5.41, 5.74) is 3.30. The van der Waals surface area contributed by atoms with Crippen molar-refractivity contribution < 1.29 is 13.9 Å². The molecule has 1 N–H and O–H groups in total. The van der Waals surface area contributed by atoms with Gasteiger partial charge in [-0.2, -0.15) is 5.26 Å². The lowest BCUT2D eigenvalue weighted by Crippen LogP contribution is -2.00. The molecule has 0 bridgehead atoms. The van der Waals surface area contributed by atoms with Crippen molar-refractivity contribution in [2.24, 2.45) is 0 Å². The lowest BCUT2D eigenvalue weighted by atomic mass is 10.1. The van der Waals surface area contributed by atoms with Crippen LogP contribution in [-0.2, 0) is 6.54 Å². The normalized spacial score (nSPS) is 9.97. The van der Waals surface area contributed by atoms with E-state index >= 15 is 0 Å². The third kappa shape index (κ3) is 4.47. The van der Waals surface area contributed by atoms with Crippen molar-refractivity contribution >= 4 is 17.2 Å². The van der Waals surface area contributed by atoms with Gasteiger partial charge >= 0.3 is 0 Å². The Balaban J connectivity index is 0.000000552. The summed E-state index contributed by atoms with van der Waals surface area (Å²) in [6.45, 7) is 0.550. The second-order valence-electron chi connectivity index (χ2n) is 6.19. The average molecular weight is 387 g/mol. The third-order valence-electron chi connectivity index (χ3n) is 4.40. The first-order valence-corrected chi connectivity index (χ1v) is 9.02. The fraction of sp³-hybridized carbons (Fsp3) is 0.130. The number of nitrogens with one attached hydrogen (secondary N) is 1. The third-order valence-corrected chi connectivity index (χ3v) is 4.40. The lowest BCUT2D eigenvalue weighted by molar-refractivity contribution is 0.109. The van der Waals surface area contributed by atoms with Crippen molar-refractivity contribution in [1.82, 2.24) is 9.88 Å². The van der Waals surface area contributed by atoms with E-state index in [0.717, 1.165) is 40.0 Å². The number of nitrogens with zero attached hydrogens (tertiary/aromatic N) is 2. The first-order valence-electron chi connectivity index (χ1n) is 9.02. The number of methoxy groups -OCH3 is 1. The van der Waals surface area contributed by atoms with Crippen LogP contribution in [0.1, 0.15) is 16.3 Å². The number of carbonyl (C=O) groups is 1. The molecule has 6 heteroatoms. The molecule has 146 valence electrons. The summed E-state index contributed by atoms with van der Waals surface area (Å²) in [6.07, 6.45) is 2.40. The molecule has 0 saturated carbocycles. The molecule has 2 heterocycles. The van der Waals surface area contributed by atoms with Gasteiger partial charge in [0, 0.05) is 23.6 Å². The van der Waals surface area contributed by atoms with E-state index in [4.69, 9.17) is 14.4 Å². The second-order valence-corrected chi connectivity index (χ2v) is 6.19. The van der Waals surface area contributed by atoms with Crippen LogP contribution in [0.4, 0.5) is 0 Å². The van der Waals surface area contributed by atoms with E-state index in [9.17, 15) is 4.79 Å².